The SMILES string of the molecule is CC(CO)(NC(=O)C(F)(F)C1(O)CCC1)C1CC1. The average molecular weight is 263 g/mol. The molecule has 0 radical (unpaired) electrons. The smallest absolute Gasteiger partial charge is 0.352 e. The topological polar surface area (TPSA) is 69.6 Å². The van der Waals surface area contributed by atoms with Crippen LogP contribution in [-0.2, 0) is 4.79 Å². The van der Waals surface area contributed by atoms with Gasteiger partial charge in [0.15, 0.2) is 0 Å². The van der Waals surface area contributed by atoms with Crippen LogP contribution in [0, 0.1) is 5.92 Å². The molecule has 0 aromatic rings. The molecule has 0 heterocycles. The summed E-state index contributed by atoms with van der Waals surface area (Å²) in [7, 11) is 0. The summed E-state index contributed by atoms with van der Waals surface area (Å²) in [5.74, 6) is -5.23. The molecule has 0 spiro atoms. The van der Waals surface area contributed by atoms with Gasteiger partial charge >= 0.3 is 5.92 Å². The molecule has 0 aromatic carbocycles. The predicted molar refractivity (Wildman–Crippen MR) is 60.1 cm³/mol. The van der Waals surface area contributed by atoms with Crippen molar-refractivity contribution in [2.24, 2.45) is 5.92 Å². The van der Waals surface area contributed by atoms with Crippen molar-refractivity contribution in [1.82, 2.24) is 5.32 Å². The highest BCUT2D eigenvalue weighted by Gasteiger charge is 2.62. The Labute approximate surface area is 104 Å². The summed E-state index contributed by atoms with van der Waals surface area (Å²) >= 11 is 0. The first-order valence-corrected chi connectivity index (χ1v) is 6.29. The van der Waals surface area contributed by atoms with Crippen LogP contribution in [0.3, 0.4) is 0 Å². The fourth-order valence-corrected chi connectivity index (χ4v) is 2.37. The molecule has 1 unspecified atom stereocenters. The zero-order valence-corrected chi connectivity index (χ0v) is 10.4. The minimum absolute atomic E-state index is 0.0401. The molecular weight excluding hydrogens is 244 g/mol. The van der Waals surface area contributed by atoms with Crippen LogP contribution in [0.1, 0.15) is 39.0 Å². The average Bonchev–Trinajstić information content (AvgIpc) is 3.09. The zero-order chi connectivity index (χ0) is 13.6. The second kappa shape index (κ2) is 4.13. The van der Waals surface area contributed by atoms with Crippen LogP contribution < -0.4 is 5.32 Å². The van der Waals surface area contributed by atoms with Crippen LogP contribution >= 0.6 is 0 Å². The number of aliphatic hydroxyl groups is 2. The highest BCUT2D eigenvalue weighted by Crippen LogP contribution is 2.45. The van der Waals surface area contributed by atoms with Crippen molar-refractivity contribution in [3.05, 3.63) is 0 Å². The van der Waals surface area contributed by atoms with Crippen molar-refractivity contribution in [2.75, 3.05) is 6.61 Å². The van der Waals surface area contributed by atoms with Crippen LogP contribution in [0.4, 0.5) is 8.78 Å². The second-order valence-electron chi connectivity index (χ2n) is 5.76. The lowest BCUT2D eigenvalue weighted by atomic mass is 9.75. The van der Waals surface area contributed by atoms with Gasteiger partial charge < -0.3 is 15.5 Å². The molecule has 2 rings (SSSR count). The van der Waals surface area contributed by atoms with Crippen molar-refractivity contribution in [2.45, 2.75) is 56.1 Å². The van der Waals surface area contributed by atoms with E-state index >= 15 is 0 Å². The molecule has 6 heteroatoms. The maximum absolute atomic E-state index is 13.9. The first-order chi connectivity index (χ1) is 8.25. The molecule has 104 valence electrons. The molecule has 1 atom stereocenters. The van der Waals surface area contributed by atoms with Gasteiger partial charge in [-0.1, -0.05) is 0 Å². The standard InChI is InChI=1S/C12H19F2NO3/c1-10(7-16,8-3-4-8)15-9(17)12(13,14)11(18)5-2-6-11/h8,16,18H,2-7H2,1H3,(H,15,17). The summed E-state index contributed by atoms with van der Waals surface area (Å²) in [5.41, 5.74) is -3.22. The summed E-state index contributed by atoms with van der Waals surface area (Å²) in [6.45, 7) is 1.18. The molecule has 2 saturated carbocycles. The van der Waals surface area contributed by atoms with Gasteiger partial charge in [-0.25, -0.2) is 0 Å². The number of carbonyl (C=O) groups is 1. The molecule has 4 nitrogen and oxygen atoms in total. The summed E-state index contributed by atoms with van der Waals surface area (Å²) in [4.78, 5) is 11.7. The van der Waals surface area contributed by atoms with E-state index in [1.807, 2.05) is 0 Å². The lowest BCUT2D eigenvalue weighted by molar-refractivity contribution is -0.217. The first kappa shape index (κ1) is 13.7. The van der Waals surface area contributed by atoms with Gasteiger partial charge in [0.05, 0.1) is 12.1 Å². The minimum Gasteiger partial charge on any atom is -0.394 e. The Morgan fingerprint density at radius 2 is 2.00 bits per heavy atom. The molecule has 2 fully saturated rings. The number of hydrogen-bond acceptors (Lipinski definition) is 3. The summed E-state index contributed by atoms with van der Waals surface area (Å²) < 4.78 is 27.7. The molecule has 3 N–H and O–H groups in total. The van der Waals surface area contributed by atoms with Crippen LogP contribution in [-0.4, -0.2) is 39.8 Å². The first-order valence-electron chi connectivity index (χ1n) is 6.29. The number of rotatable bonds is 5. The van der Waals surface area contributed by atoms with Crippen molar-refractivity contribution in [3.8, 4) is 0 Å². The zero-order valence-electron chi connectivity index (χ0n) is 10.4. The van der Waals surface area contributed by atoms with E-state index in [4.69, 9.17) is 0 Å². The largest absolute Gasteiger partial charge is 0.394 e. The fourth-order valence-electron chi connectivity index (χ4n) is 2.37. The molecule has 0 aromatic heterocycles. The summed E-state index contributed by atoms with van der Waals surface area (Å²) in [6, 6.07) is 0. The Bertz CT molecular complexity index is 353. The Hall–Kier alpha value is -0.750. The normalized spacial score (nSPS) is 26.1. The van der Waals surface area contributed by atoms with Crippen molar-refractivity contribution in [1.29, 1.82) is 0 Å². The minimum atomic E-state index is -3.80. The number of nitrogens with one attached hydrogen (secondary N) is 1. The summed E-state index contributed by atoms with van der Waals surface area (Å²) in [6.07, 6.45) is 2.00. The molecule has 1 amide bonds. The number of amides is 1. The van der Waals surface area contributed by atoms with Crippen LogP contribution in [0.5, 0.6) is 0 Å². The Morgan fingerprint density at radius 3 is 2.33 bits per heavy atom. The van der Waals surface area contributed by atoms with Gasteiger partial charge in [0.1, 0.15) is 5.60 Å². The molecule has 0 aliphatic heterocycles. The molecular formula is C12H19F2NO3. The maximum Gasteiger partial charge on any atom is 0.352 e. The van der Waals surface area contributed by atoms with Crippen molar-refractivity contribution >= 4 is 5.91 Å². The molecule has 0 saturated heterocycles. The molecule has 18 heavy (non-hydrogen) atoms. The third-order valence-electron chi connectivity index (χ3n) is 4.26. The molecule has 2 aliphatic rings. The van der Waals surface area contributed by atoms with Crippen LogP contribution in [0.25, 0.3) is 0 Å². The highest BCUT2D eigenvalue weighted by atomic mass is 19.3. The number of halogens is 2. The third-order valence-corrected chi connectivity index (χ3v) is 4.26. The van der Waals surface area contributed by atoms with Gasteiger partial charge in [0.2, 0.25) is 0 Å². The predicted octanol–water partition coefficient (Wildman–Crippen LogP) is 0.814. The molecule has 0 bridgehead atoms. The number of alkyl halides is 2. The number of carbonyl (C=O) groups excluding carboxylic acids is 1. The monoisotopic (exact) mass is 263 g/mol. The maximum atomic E-state index is 13.9. The van der Waals surface area contributed by atoms with Gasteiger partial charge in [-0.05, 0) is 44.9 Å². The number of hydrogen-bond donors (Lipinski definition) is 3. The number of aliphatic hydroxyl groups excluding tert-OH is 1. The van der Waals surface area contributed by atoms with E-state index in [1.54, 1.807) is 6.92 Å². The summed E-state index contributed by atoms with van der Waals surface area (Å²) in [5, 5.41) is 21.1. The fraction of sp³-hybridized carbons (Fsp3) is 0.917. The Morgan fingerprint density at radius 1 is 1.44 bits per heavy atom. The van der Waals surface area contributed by atoms with Crippen molar-refractivity contribution < 1.29 is 23.8 Å². The van der Waals surface area contributed by atoms with Gasteiger partial charge in [0.25, 0.3) is 5.91 Å². The van der Waals surface area contributed by atoms with E-state index in [9.17, 15) is 23.8 Å². The van der Waals surface area contributed by atoms with Gasteiger partial charge in [0, 0.05) is 0 Å². The van der Waals surface area contributed by atoms with E-state index in [0.717, 1.165) is 12.8 Å². The third kappa shape index (κ3) is 2.01. The quantitative estimate of drug-likeness (QED) is 0.687. The van der Waals surface area contributed by atoms with E-state index < -0.39 is 23.0 Å². The van der Waals surface area contributed by atoms with E-state index in [1.165, 1.54) is 0 Å². The van der Waals surface area contributed by atoms with E-state index in [-0.39, 0.29) is 25.4 Å². The van der Waals surface area contributed by atoms with Crippen LogP contribution in [0.2, 0.25) is 0 Å². The van der Waals surface area contributed by atoms with E-state index in [2.05, 4.69) is 5.32 Å². The van der Waals surface area contributed by atoms with Crippen LogP contribution in [0.15, 0.2) is 0 Å². The van der Waals surface area contributed by atoms with Gasteiger partial charge in [-0.2, -0.15) is 8.78 Å². The van der Waals surface area contributed by atoms with Gasteiger partial charge in [-0.3, -0.25) is 4.79 Å². The lowest BCUT2D eigenvalue weighted by Gasteiger charge is -2.42. The van der Waals surface area contributed by atoms with Gasteiger partial charge in [-0.15, -0.1) is 0 Å². The van der Waals surface area contributed by atoms with Crippen molar-refractivity contribution in [3.63, 3.8) is 0 Å². The highest BCUT2D eigenvalue weighted by molar-refractivity contribution is 5.85. The van der Waals surface area contributed by atoms with E-state index in [0.29, 0.717) is 6.42 Å². The Balaban J connectivity index is 2.06. The Kier molecular flexibility index (Phi) is 3.14. The lowest BCUT2D eigenvalue weighted by Crippen LogP contribution is -2.64. The second-order valence-corrected chi connectivity index (χ2v) is 5.76. The molecule has 2 aliphatic carbocycles.